The third kappa shape index (κ3) is 7.48. The molecule has 2 aromatic rings. The molecule has 0 bridgehead atoms. The number of H-pyrrole nitrogens is 1. The number of nitrogen functional groups attached to an aromatic ring is 1. The van der Waals surface area contributed by atoms with Gasteiger partial charge in [-0.15, -0.1) is 0 Å². The van der Waals surface area contributed by atoms with E-state index in [-0.39, 0.29) is 41.3 Å². The standard InChI is InChI=1S/C22H34N10O18P3/c1-30-5-32(15-8(30)17(37)29-22(24)27-15)19-11(35)12(45-2)13(48-19)20(38)51(39,40)49-53(43,44)50-52(41,42)46-3-6-9(33)10(34)18(47-6)31-4-25-7-14(31)26-21(23)28-16(7)36/h4,6,9-13,17-20,33-35,38H,3,5H2,1-2H3,(H,39,40)(H,41,42)(H,43,44)(H3,24,27,29)(H3,23,26,28,36)/q-1/p-3/t6-,9+,10?,11-,12?,13-,17?,18-,19+,20?/m1/s1. The highest BCUT2D eigenvalue weighted by molar-refractivity contribution is 7.67. The molecule has 13 atom stereocenters. The summed E-state index contributed by atoms with van der Waals surface area (Å²) in [5.41, 5.74) is 10.1. The number of aliphatic hydroxyl groups is 4. The van der Waals surface area contributed by atoms with Crippen LogP contribution in [0.1, 0.15) is 6.23 Å². The minimum absolute atomic E-state index is 0.0360. The smallest absolute Gasteiger partial charge is 0.280 e. The van der Waals surface area contributed by atoms with Crippen molar-refractivity contribution in [3.63, 3.8) is 0 Å². The number of hydrogen-bond acceptors (Lipinski definition) is 26. The Morgan fingerprint density at radius 3 is 2.45 bits per heavy atom. The number of nitrogens with one attached hydrogen (secondary N) is 2. The topological polar surface area (TPSA) is 426 Å². The number of imidazole rings is 1. The Hall–Kier alpha value is -3.11. The van der Waals surface area contributed by atoms with Crippen molar-refractivity contribution >= 4 is 46.3 Å². The van der Waals surface area contributed by atoms with Gasteiger partial charge in [0.2, 0.25) is 5.95 Å². The Morgan fingerprint density at radius 1 is 1.08 bits per heavy atom. The number of phosphoric acid groups is 2. The van der Waals surface area contributed by atoms with Crippen LogP contribution in [0.3, 0.4) is 0 Å². The molecule has 2 saturated heterocycles. The van der Waals surface area contributed by atoms with Crippen LogP contribution in [0.15, 0.2) is 27.6 Å². The number of hydrogen-bond donors (Lipinski definition) is 8. The summed E-state index contributed by atoms with van der Waals surface area (Å²) in [5, 5.41) is 57.8. The Labute approximate surface area is 295 Å². The highest BCUT2D eigenvalue weighted by Gasteiger charge is 2.54. The van der Waals surface area contributed by atoms with Gasteiger partial charge in [0.1, 0.15) is 48.3 Å². The number of aromatic amines is 1. The lowest BCUT2D eigenvalue weighted by Crippen LogP contribution is -2.49. The first-order valence-electron chi connectivity index (χ1n) is 14.9. The SMILES string of the molecule is COC1[C@H](C(O)P(=O)([O-])OP(=O)([O-])OP(=O)([O-])OC[C@H]2O[C@@H](n3cnc4c(=O)[nH]c(N)nc43)C(O)[C@H]2O)O[C@H](N2CN(C)C3=C2NC(N)=NC3[O-])[C@@H]1O. The molecule has 2 fully saturated rings. The van der Waals surface area contributed by atoms with Crippen molar-refractivity contribution in [2.75, 3.05) is 33.2 Å². The first-order chi connectivity index (χ1) is 24.6. The fraction of sp³-hybridized carbons (Fsp3) is 0.636. The number of aromatic nitrogens is 4. The molecule has 0 radical (unpaired) electrons. The van der Waals surface area contributed by atoms with Gasteiger partial charge in [-0.1, -0.05) is 0 Å². The molecule has 31 heteroatoms. The normalized spacial score (nSPS) is 34.4. The molecule has 53 heavy (non-hydrogen) atoms. The molecule has 0 spiro atoms. The number of anilines is 1. The number of likely N-dealkylation sites (N-methyl/N-ethyl adjacent to an activating group) is 1. The van der Waals surface area contributed by atoms with Gasteiger partial charge in [-0.05, 0) is 0 Å². The number of methoxy groups -OCH3 is 1. The molecule has 10 N–H and O–H groups in total. The van der Waals surface area contributed by atoms with E-state index in [2.05, 4.69) is 38.4 Å². The number of nitrogens with two attached hydrogens (primary N) is 2. The second-order valence-electron chi connectivity index (χ2n) is 11.8. The third-order valence-corrected chi connectivity index (χ3v) is 13.1. The first-order valence-corrected chi connectivity index (χ1v) is 19.4. The Balaban J connectivity index is 1.09. The Morgan fingerprint density at radius 2 is 1.77 bits per heavy atom. The van der Waals surface area contributed by atoms with Gasteiger partial charge < -0.3 is 90.1 Å². The second-order valence-corrected chi connectivity index (χ2v) is 16.8. The second kappa shape index (κ2) is 14.2. The van der Waals surface area contributed by atoms with Crippen LogP contribution in [0.25, 0.3) is 11.2 Å². The highest BCUT2D eigenvalue weighted by Crippen LogP contribution is 2.64. The van der Waals surface area contributed by atoms with Gasteiger partial charge in [0.05, 0.1) is 25.3 Å². The van der Waals surface area contributed by atoms with E-state index in [9.17, 15) is 58.7 Å². The molecule has 296 valence electrons. The number of aliphatic hydroxyl groups excluding tert-OH is 4. The lowest BCUT2D eigenvalue weighted by molar-refractivity contribution is -0.407. The van der Waals surface area contributed by atoms with Crippen molar-refractivity contribution in [3.05, 3.63) is 28.2 Å². The van der Waals surface area contributed by atoms with E-state index in [0.29, 0.717) is 0 Å². The predicted molar refractivity (Wildman–Crippen MR) is 161 cm³/mol. The number of fused-ring (bicyclic) bond motifs is 1. The zero-order chi connectivity index (χ0) is 38.9. The summed E-state index contributed by atoms with van der Waals surface area (Å²) >= 11 is 0. The number of guanidine groups is 1. The Kier molecular flexibility index (Phi) is 10.6. The first kappa shape index (κ1) is 39.6. The number of rotatable bonds is 12. The maximum Gasteiger partial charge on any atom is 0.280 e. The molecule has 28 nitrogen and oxygen atoms in total. The van der Waals surface area contributed by atoms with E-state index in [1.165, 1.54) is 16.8 Å². The predicted octanol–water partition coefficient (Wildman–Crippen LogP) is -7.74. The summed E-state index contributed by atoms with van der Waals surface area (Å²) in [4.78, 5) is 66.2. The molecule has 0 aromatic carbocycles. The van der Waals surface area contributed by atoms with Crippen LogP contribution in [0, 0.1) is 0 Å². The van der Waals surface area contributed by atoms with Gasteiger partial charge in [0, 0.05) is 20.4 Å². The molecule has 0 saturated carbocycles. The van der Waals surface area contributed by atoms with Crippen molar-refractivity contribution in [1.82, 2.24) is 34.6 Å². The van der Waals surface area contributed by atoms with Crippen LogP contribution in [0.4, 0.5) is 5.95 Å². The quantitative estimate of drug-likeness (QED) is 0.0922. The lowest BCUT2D eigenvalue weighted by Gasteiger charge is -2.38. The Bertz CT molecular complexity index is 2010. The number of nitrogens with zero attached hydrogens (tertiary/aromatic N) is 6. The van der Waals surface area contributed by atoms with Gasteiger partial charge in [-0.3, -0.25) is 32.8 Å². The molecule has 4 aliphatic rings. The summed E-state index contributed by atoms with van der Waals surface area (Å²) in [6.45, 7) is -1.35. The third-order valence-electron chi connectivity index (χ3n) is 8.36. The van der Waals surface area contributed by atoms with Gasteiger partial charge in [-0.2, -0.15) is 4.98 Å². The summed E-state index contributed by atoms with van der Waals surface area (Å²) in [6.07, 6.45) is -14.7. The maximum absolute atomic E-state index is 12.9. The van der Waals surface area contributed by atoms with Crippen molar-refractivity contribution in [1.29, 1.82) is 0 Å². The van der Waals surface area contributed by atoms with E-state index in [1.54, 1.807) is 0 Å². The van der Waals surface area contributed by atoms with Crippen LogP contribution in [0.5, 0.6) is 0 Å². The largest absolute Gasteiger partial charge is 0.830 e. The van der Waals surface area contributed by atoms with E-state index in [0.717, 1.165) is 18.0 Å². The van der Waals surface area contributed by atoms with Crippen molar-refractivity contribution in [3.8, 4) is 0 Å². The van der Waals surface area contributed by atoms with Crippen molar-refractivity contribution in [2.45, 2.75) is 61.2 Å². The summed E-state index contributed by atoms with van der Waals surface area (Å²) < 4.78 is 67.2. The van der Waals surface area contributed by atoms with Crippen LogP contribution in [0.2, 0.25) is 0 Å². The fourth-order valence-corrected chi connectivity index (χ4v) is 10.0. The van der Waals surface area contributed by atoms with Crippen LogP contribution in [-0.4, -0.2) is 138 Å². The number of ether oxygens (including phenoxy) is 3. The minimum atomic E-state index is -6.49. The molecule has 0 amide bonds. The van der Waals surface area contributed by atoms with E-state index in [1.807, 2.05) is 0 Å². The fourth-order valence-electron chi connectivity index (χ4n) is 6.06. The van der Waals surface area contributed by atoms with Crippen molar-refractivity contribution < 1.29 is 81.3 Å². The molecule has 4 aliphatic heterocycles. The van der Waals surface area contributed by atoms with Gasteiger partial charge in [-0.25, -0.2) is 9.29 Å². The maximum atomic E-state index is 12.9. The highest BCUT2D eigenvalue weighted by atomic mass is 31.3. The number of aliphatic imine (C=N–C) groups is 1. The molecular formula is C22H31N10O18P3-4. The summed E-state index contributed by atoms with van der Waals surface area (Å²) in [5.74, 6) is -3.52. The zero-order valence-electron chi connectivity index (χ0n) is 26.9. The van der Waals surface area contributed by atoms with Gasteiger partial charge >= 0.3 is 0 Å². The van der Waals surface area contributed by atoms with Crippen LogP contribution < -0.4 is 42.1 Å². The van der Waals surface area contributed by atoms with Gasteiger partial charge in [0.15, 0.2) is 37.2 Å². The van der Waals surface area contributed by atoms with E-state index < -0.39 is 96.6 Å². The van der Waals surface area contributed by atoms with Gasteiger partial charge in [0.25, 0.3) is 21.2 Å². The van der Waals surface area contributed by atoms with Crippen LogP contribution in [-0.2, 0) is 41.1 Å². The average Bonchev–Trinajstić information content (AvgIpc) is 3.77. The molecular weight excluding hydrogens is 785 g/mol. The van der Waals surface area contributed by atoms with E-state index >= 15 is 0 Å². The molecule has 2 aromatic heterocycles. The molecule has 6 heterocycles. The summed E-state index contributed by atoms with van der Waals surface area (Å²) in [6, 6.07) is 0. The van der Waals surface area contributed by atoms with Crippen LogP contribution >= 0.6 is 23.2 Å². The summed E-state index contributed by atoms with van der Waals surface area (Å²) in [7, 11) is -16.3. The molecule has 6 rings (SSSR count). The molecule has 7 unspecified atom stereocenters. The lowest BCUT2D eigenvalue weighted by atomic mass is 10.1. The van der Waals surface area contributed by atoms with E-state index in [4.69, 9.17) is 25.7 Å². The monoisotopic (exact) mass is 816 g/mol. The minimum Gasteiger partial charge on any atom is -0.830 e. The average molecular weight is 816 g/mol. The zero-order valence-corrected chi connectivity index (χ0v) is 29.6. The van der Waals surface area contributed by atoms with Crippen molar-refractivity contribution in [2.24, 2.45) is 10.7 Å². The molecule has 0 aliphatic carbocycles. The number of phosphoric ester groups is 1.